The Kier molecular flexibility index (Phi) is 1.35. The molecule has 0 aromatic carbocycles. The molecule has 0 aromatic heterocycles. The zero-order valence-electron chi connectivity index (χ0n) is 4.65. The molecular weight excluding hydrogens is 86.1 g/mol. The molecule has 0 saturated heterocycles. The highest BCUT2D eigenvalue weighted by molar-refractivity contribution is 4.93. The third-order valence-electron chi connectivity index (χ3n) is 1.16. The summed E-state index contributed by atoms with van der Waals surface area (Å²) in [6, 6.07) is 0. The minimum Gasteiger partial charge on any atom is -0.394 e. The minimum absolute atomic E-state index is 0.910. The van der Waals surface area contributed by atoms with Gasteiger partial charge in [-0.05, 0) is 25.0 Å². The monoisotopic (exact) mass is 97.1 g/mol. The third kappa shape index (κ3) is 1.62. The van der Waals surface area contributed by atoms with Gasteiger partial charge in [-0.25, -0.2) is 0 Å². The van der Waals surface area contributed by atoms with Crippen molar-refractivity contribution < 1.29 is 0 Å². The topological polar surface area (TPSA) is 12.0 Å². The van der Waals surface area contributed by atoms with E-state index in [0.29, 0.717) is 0 Å². The molecule has 0 heterocycles. The molecule has 0 spiro atoms. The van der Waals surface area contributed by atoms with E-state index >= 15 is 0 Å². The van der Waals surface area contributed by atoms with Crippen LogP contribution in [-0.2, 0) is 0 Å². The first kappa shape index (κ1) is 4.69. The molecule has 1 saturated carbocycles. The van der Waals surface area contributed by atoms with Gasteiger partial charge in [0.1, 0.15) is 0 Å². The summed E-state index contributed by atoms with van der Waals surface area (Å²) in [5.74, 6) is 0.910. The smallest absolute Gasteiger partial charge is 0.00276 e. The van der Waals surface area contributed by atoms with E-state index < -0.39 is 0 Å². The Morgan fingerprint density at radius 2 is 2.29 bits per heavy atom. The molecule has 0 aromatic rings. The summed E-state index contributed by atoms with van der Waals surface area (Å²) in [5.41, 5.74) is 0. The lowest BCUT2D eigenvalue weighted by Gasteiger charge is -1.80. The van der Waals surface area contributed by atoms with E-state index in [1.54, 1.807) is 0 Å². The van der Waals surface area contributed by atoms with E-state index in [2.05, 4.69) is 11.4 Å². The van der Waals surface area contributed by atoms with Gasteiger partial charge >= 0.3 is 0 Å². The summed E-state index contributed by atoms with van der Waals surface area (Å²) in [6.45, 7) is 0. The van der Waals surface area contributed by atoms with Crippen molar-refractivity contribution in [1.82, 2.24) is 5.32 Å². The Labute approximate surface area is 44.4 Å². The highest BCUT2D eigenvalue weighted by Gasteiger charge is 2.16. The number of rotatable bonds is 2. The van der Waals surface area contributed by atoms with Gasteiger partial charge < -0.3 is 5.32 Å². The number of allylic oxidation sites excluding steroid dienone is 1. The summed E-state index contributed by atoms with van der Waals surface area (Å²) >= 11 is 0. The lowest BCUT2D eigenvalue weighted by Crippen LogP contribution is -1.90. The predicted octanol–water partition coefficient (Wildman–Crippen LogP) is 1.13. The van der Waals surface area contributed by atoms with Crippen molar-refractivity contribution in [2.24, 2.45) is 5.92 Å². The lowest BCUT2D eigenvalue weighted by molar-refractivity contribution is 1.04. The molecule has 1 aliphatic carbocycles. The fourth-order valence-corrected chi connectivity index (χ4v) is 0.521. The van der Waals surface area contributed by atoms with Crippen LogP contribution in [0.4, 0.5) is 0 Å². The van der Waals surface area contributed by atoms with E-state index in [1.165, 1.54) is 12.8 Å². The average molecular weight is 97.2 g/mol. The van der Waals surface area contributed by atoms with E-state index in [-0.39, 0.29) is 0 Å². The summed E-state index contributed by atoms with van der Waals surface area (Å²) in [4.78, 5) is 0. The first-order valence-electron chi connectivity index (χ1n) is 2.77. The lowest BCUT2D eigenvalue weighted by atomic mass is 10.4. The van der Waals surface area contributed by atoms with Gasteiger partial charge in [-0.2, -0.15) is 0 Å². The van der Waals surface area contributed by atoms with Gasteiger partial charge in [0.25, 0.3) is 0 Å². The van der Waals surface area contributed by atoms with E-state index in [0.717, 1.165) is 5.92 Å². The highest BCUT2D eigenvalue weighted by atomic mass is 14.8. The Balaban J connectivity index is 2.05. The summed E-state index contributed by atoms with van der Waals surface area (Å²) in [5, 5.41) is 2.96. The maximum absolute atomic E-state index is 2.96. The zero-order chi connectivity index (χ0) is 5.11. The Morgan fingerprint density at radius 3 is 2.71 bits per heavy atom. The van der Waals surface area contributed by atoms with Crippen molar-refractivity contribution in [3.8, 4) is 0 Å². The Morgan fingerprint density at radius 1 is 1.57 bits per heavy atom. The van der Waals surface area contributed by atoms with Gasteiger partial charge in [-0.1, -0.05) is 6.08 Å². The highest BCUT2D eigenvalue weighted by Crippen LogP contribution is 2.29. The second kappa shape index (κ2) is 2.01. The van der Waals surface area contributed by atoms with Gasteiger partial charge in [0, 0.05) is 7.05 Å². The molecule has 7 heavy (non-hydrogen) atoms. The Hall–Kier alpha value is -0.460. The van der Waals surface area contributed by atoms with Crippen molar-refractivity contribution in [1.29, 1.82) is 0 Å². The van der Waals surface area contributed by atoms with Crippen molar-refractivity contribution in [2.45, 2.75) is 12.8 Å². The fraction of sp³-hybridized carbons (Fsp3) is 0.667. The molecule has 0 aliphatic heterocycles. The molecule has 0 bridgehead atoms. The number of hydrogen-bond donors (Lipinski definition) is 1. The largest absolute Gasteiger partial charge is 0.394 e. The fourth-order valence-electron chi connectivity index (χ4n) is 0.521. The predicted molar refractivity (Wildman–Crippen MR) is 30.9 cm³/mol. The van der Waals surface area contributed by atoms with Crippen LogP contribution in [0.5, 0.6) is 0 Å². The van der Waals surface area contributed by atoms with E-state index in [9.17, 15) is 0 Å². The second-order valence-corrected chi connectivity index (χ2v) is 1.99. The van der Waals surface area contributed by atoms with Gasteiger partial charge in [-0.3, -0.25) is 0 Å². The zero-order valence-corrected chi connectivity index (χ0v) is 4.65. The van der Waals surface area contributed by atoms with Gasteiger partial charge in [0.2, 0.25) is 0 Å². The molecular formula is C6H11N. The maximum Gasteiger partial charge on any atom is 0.00276 e. The van der Waals surface area contributed by atoms with Crippen LogP contribution in [0.15, 0.2) is 12.3 Å². The minimum atomic E-state index is 0.910. The van der Waals surface area contributed by atoms with Crippen LogP contribution in [-0.4, -0.2) is 7.05 Å². The molecule has 1 aliphatic rings. The molecule has 40 valence electrons. The van der Waals surface area contributed by atoms with Crippen LogP contribution in [0.25, 0.3) is 0 Å². The molecule has 1 heteroatoms. The first-order chi connectivity index (χ1) is 3.43. The van der Waals surface area contributed by atoms with Crippen LogP contribution in [0.1, 0.15) is 12.8 Å². The van der Waals surface area contributed by atoms with Crippen molar-refractivity contribution in [3.05, 3.63) is 12.3 Å². The number of nitrogens with one attached hydrogen (secondary N) is 1. The second-order valence-electron chi connectivity index (χ2n) is 1.99. The van der Waals surface area contributed by atoms with Crippen LogP contribution >= 0.6 is 0 Å². The van der Waals surface area contributed by atoms with Crippen LogP contribution < -0.4 is 5.32 Å². The average Bonchev–Trinajstić information content (AvgIpc) is 2.42. The van der Waals surface area contributed by atoms with Crippen molar-refractivity contribution in [2.75, 3.05) is 7.05 Å². The molecule has 0 amide bonds. The SMILES string of the molecule is CNC=CC1CC1. The van der Waals surface area contributed by atoms with Crippen molar-refractivity contribution in [3.63, 3.8) is 0 Å². The quantitative estimate of drug-likeness (QED) is 0.544. The summed E-state index contributed by atoms with van der Waals surface area (Å²) in [7, 11) is 1.93. The van der Waals surface area contributed by atoms with Crippen LogP contribution in [0.3, 0.4) is 0 Å². The maximum atomic E-state index is 2.96. The molecule has 0 atom stereocenters. The molecule has 0 radical (unpaired) electrons. The van der Waals surface area contributed by atoms with Gasteiger partial charge in [-0.15, -0.1) is 0 Å². The first-order valence-corrected chi connectivity index (χ1v) is 2.77. The van der Waals surface area contributed by atoms with Crippen LogP contribution in [0.2, 0.25) is 0 Å². The summed E-state index contributed by atoms with van der Waals surface area (Å²) < 4.78 is 0. The van der Waals surface area contributed by atoms with Crippen molar-refractivity contribution >= 4 is 0 Å². The summed E-state index contributed by atoms with van der Waals surface area (Å²) in [6.07, 6.45) is 7.04. The molecule has 1 N–H and O–H groups in total. The standard InChI is InChI=1S/C6H11N/c1-7-5-4-6-2-3-6/h4-7H,2-3H2,1H3. The third-order valence-corrected chi connectivity index (χ3v) is 1.16. The molecule has 1 nitrogen and oxygen atoms in total. The van der Waals surface area contributed by atoms with Gasteiger partial charge in [0.05, 0.1) is 0 Å². The number of hydrogen-bond acceptors (Lipinski definition) is 1. The Bertz CT molecular complexity index is 72.2. The van der Waals surface area contributed by atoms with E-state index in [1.807, 2.05) is 13.2 Å². The van der Waals surface area contributed by atoms with Gasteiger partial charge in [0.15, 0.2) is 0 Å². The normalized spacial score (nSPS) is 20.7. The molecule has 1 rings (SSSR count). The van der Waals surface area contributed by atoms with Crippen LogP contribution in [0, 0.1) is 5.92 Å². The molecule has 0 unspecified atom stereocenters. The van der Waals surface area contributed by atoms with E-state index in [4.69, 9.17) is 0 Å². The molecule has 1 fully saturated rings.